The summed E-state index contributed by atoms with van der Waals surface area (Å²) in [6.45, 7) is 5.59. The maximum Gasteiger partial charge on any atom is 0.272 e. The number of ether oxygens (including phenoxy) is 2. The van der Waals surface area contributed by atoms with E-state index < -0.39 is 40.2 Å². The Bertz CT molecular complexity index is 1450. The van der Waals surface area contributed by atoms with Crippen LogP contribution in [-0.2, 0) is 4.74 Å². The van der Waals surface area contributed by atoms with E-state index in [2.05, 4.69) is 4.98 Å². The molecule has 2 fully saturated rings. The average Bonchev–Trinajstić information content (AvgIpc) is 2.95. The first-order valence-corrected chi connectivity index (χ1v) is 13.1. The van der Waals surface area contributed by atoms with Gasteiger partial charge in [-0.25, -0.2) is 18.2 Å². The zero-order chi connectivity index (χ0) is 28.6. The van der Waals surface area contributed by atoms with Crippen LogP contribution in [0.4, 0.5) is 13.2 Å². The quantitative estimate of drug-likeness (QED) is 0.458. The van der Waals surface area contributed by atoms with E-state index in [1.165, 1.54) is 12.1 Å². The molecule has 2 aliphatic rings. The Labute approximate surface area is 230 Å². The second-order valence-corrected chi connectivity index (χ2v) is 10.3. The van der Waals surface area contributed by atoms with Gasteiger partial charge in [0, 0.05) is 19.6 Å². The molecule has 1 spiro atoms. The van der Waals surface area contributed by atoms with Crippen LogP contribution in [-0.4, -0.2) is 72.1 Å². The number of methoxy groups -OCH3 is 1. The lowest BCUT2D eigenvalue weighted by Crippen LogP contribution is -2.58. The van der Waals surface area contributed by atoms with Crippen molar-refractivity contribution in [2.75, 3.05) is 39.9 Å². The maximum absolute atomic E-state index is 14.5. The SMILES string of the molecule is COc1cc(C)c(C)cc1C(=O)N1CCC2(CC1)CN(C(=O)c1ccc(F)c(-c3c(F)cccc3F)n1)CCO2. The largest absolute Gasteiger partial charge is 0.496 e. The van der Waals surface area contributed by atoms with E-state index in [1.54, 1.807) is 16.9 Å². The van der Waals surface area contributed by atoms with Crippen LogP contribution in [0.5, 0.6) is 5.75 Å². The molecule has 0 radical (unpaired) electrons. The van der Waals surface area contributed by atoms with Gasteiger partial charge in [0.2, 0.25) is 0 Å². The third-order valence-electron chi connectivity index (χ3n) is 7.81. The number of piperidine rings is 1. The molecule has 0 N–H and O–H groups in total. The number of halogens is 3. The molecule has 5 rings (SSSR count). The lowest BCUT2D eigenvalue weighted by Gasteiger charge is -2.47. The van der Waals surface area contributed by atoms with Crippen molar-refractivity contribution in [3.8, 4) is 17.0 Å². The molecule has 7 nitrogen and oxygen atoms in total. The number of aryl methyl sites for hydroxylation is 2. The van der Waals surface area contributed by atoms with Crippen molar-refractivity contribution in [1.29, 1.82) is 0 Å². The molecule has 2 amide bonds. The molecule has 210 valence electrons. The molecule has 0 bridgehead atoms. The number of carbonyl (C=O) groups excluding carboxylic acids is 2. The number of hydrogen-bond donors (Lipinski definition) is 0. The molecule has 10 heteroatoms. The first-order chi connectivity index (χ1) is 19.1. The Balaban J connectivity index is 1.31. The molecule has 0 aliphatic carbocycles. The predicted octanol–water partition coefficient (Wildman–Crippen LogP) is 4.94. The molecule has 3 aromatic rings. The number of carbonyl (C=O) groups is 2. The first-order valence-electron chi connectivity index (χ1n) is 13.1. The summed E-state index contributed by atoms with van der Waals surface area (Å²) < 4.78 is 54.8. The molecule has 0 saturated carbocycles. The molecular weight excluding hydrogens is 523 g/mol. The summed E-state index contributed by atoms with van der Waals surface area (Å²) >= 11 is 0. The lowest BCUT2D eigenvalue weighted by molar-refractivity contribution is -0.123. The number of amides is 2. The van der Waals surface area contributed by atoms with Crippen molar-refractivity contribution >= 4 is 11.8 Å². The predicted molar refractivity (Wildman–Crippen MR) is 142 cm³/mol. The van der Waals surface area contributed by atoms with Crippen molar-refractivity contribution < 1.29 is 32.2 Å². The van der Waals surface area contributed by atoms with Crippen LogP contribution in [0.15, 0.2) is 42.5 Å². The van der Waals surface area contributed by atoms with Gasteiger partial charge in [0.15, 0.2) is 0 Å². The number of aromatic nitrogens is 1. The third-order valence-corrected chi connectivity index (χ3v) is 7.81. The number of pyridine rings is 1. The number of hydrogen-bond acceptors (Lipinski definition) is 5. The maximum atomic E-state index is 14.5. The Hall–Kier alpha value is -3.92. The highest BCUT2D eigenvalue weighted by atomic mass is 19.1. The van der Waals surface area contributed by atoms with Crippen molar-refractivity contribution in [2.24, 2.45) is 0 Å². The minimum Gasteiger partial charge on any atom is -0.496 e. The van der Waals surface area contributed by atoms with Crippen LogP contribution >= 0.6 is 0 Å². The number of likely N-dealkylation sites (tertiary alicyclic amines) is 1. The van der Waals surface area contributed by atoms with Crippen LogP contribution in [0.25, 0.3) is 11.3 Å². The summed E-state index contributed by atoms with van der Waals surface area (Å²) in [4.78, 5) is 34.1. The van der Waals surface area contributed by atoms with Crippen molar-refractivity contribution in [2.45, 2.75) is 32.3 Å². The van der Waals surface area contributed by atoms with Crippen LogP contribution in [0.2, 0.25) is 0 Å². The minimum absolute atomic E-state index is 0.120. The molecule has 2 aliphatic heterocycles. The van der Waals surface area contributed by atoms with Crippen molar-refractivity contribution in [3.05, 3.63) is 82.3 Å². The van der Waals surface area contributed by atoms with Crippen LogP contribution in [0.3, 0.4) is 0 Å². The Morgan fingerprint density at radius 2 is 1.57 bits per heavy atom. The highest BCUT2D eigenvalue weighted by molar-refractivity contribution is 5.97. The fraction of sp³-hybridized carbons (Fsp3) is 0.367. The monoisotopic (exact) mass is 553 g/mol. The van der Waals surface area contributed by atoms with Crippen LogP contribution in [0, 0.1) is 31.3 Å². The van der Waals surface area contributed by atoms with Gasteiger partial charge < -0.3 is 19.3 Å². The summed E-state index contributed by atoms with van der Waals surface area (Å²) in [6.07, 6.45) is 1.02. The standard InChI is InChI=1S/C30H30F3N3O4/c1-18-15-20(25(39-3)16-19(18)2)28(37)35-11-9-30(10-12-35)17-36(13-14-40-30)29(38)24-8-7-23(33)27(34-24)26-21(31)5-4-6-22(26)32/h4-8,15-16H,9-14,17H2,1-3H3. The summed E-state index contributed by atoms with van der Waals surface area (Å²) in [5, 5.41) is 0. The van der Waals surface area contributed by atoms with Gasteiger partial charge in [-0.15, -0.1) is 0 Å². The van der Waals surface area contributed by atoms with E-state index in [0.29, 0.717) is 37.2 Å². The average molecular weight is 554 g/mol. The molecular formula is C30H30F3N3O4. The summed E-state index contributed by atoms with van der Waals surface area (Å²) in [5.74, 6) is -2.96. The fourth-order valence-corrected chi connectivity index (χ4v) is 5.36. The topological polar surface area (TPSA) is 72.0 Å². The van der Waals surface area contributed by atoms with Gasteiger partial charge in [0.1, 0.15) is 34.6 Å². The van der Waals surface area contributed by atoms with Gasteiger partial charge in [-0.05, 0) is 74.2 Å². The number of nitrogens with zero attached hydrogens (tertiary/aromatic N) is 3. The van der Waals surface area contributed by atoms with E-state index in [-0.39, 0.29) is 31.3 Å². The summed E-state index contributed by atoms with van der Waals surface area (Å²) in [7, 11) is 1.54. The second-order valence-electron chi connectivity index (χ2n) is 10.3. The highest BCUT2D eigenvalue weighted by Gasteiger charge is 2.42. The normalized spacial score (nSPS) is 16.8. The van der Waals surface area contributed by atoms with Gasteiger partial charge in [0.05, 0.1) is 37.0 Å². The van der Waals surface area contributed by atoms with Gasteiger partial charge in [0.25, 0.3) is 11.8 Å². The molecule has 0 atom stereocenters. The number of benzene rings is 2. The van der Waals surface area contributed by atoms with Gasteiger partial charge in [-0.1, -0.05) is 6.07 Å². The highest BCUT2D eigenvalue weighted by Crippen LogP contribution is 2.33. The van der Waals surface area contributed by atoms with E-state index in [1.807, 2.05) is 26.0 Å². The number of morpholine rings is 1. The lowest BCUT2D eigenvalue weighted by atomic mass is 9.88. The molecule has 0 unspecified atom stereocenters. The van der Waals surface area contributed by atoms with Crippen molar-refractivity contribution in [1.82, 2.24) is 14.8 Å². The Morgan fingerprint density at radius 1 is 0.900 bits per heavy atom. The van der Waals surface area contributed by atoms with Crippen LogP contribution < -0.4 is 4.74 Å². The first kappa shape index (κ1) is 27.6. The number of rotatable bonds is 4. The zero-order valence-corrected chi connectivity index (χ0v) is 22.6. The van der Waals surface area contributed by atoms with Crippen LogP contribution in [0.1, 0.15) is 44.8 Å². The summed E-state index contributed by atoms with van der Waals surface area (Å²) in [6, 6.07) is 9.08. The van der Waals surface area contributed by atoms with Crippen molar-refractivity contribution in [3.63, 3.8) is 0 Å². The van der Waals surface area contributed by atoms with Gasteiger partial charge >= 0.3 is 0 Å². The summed E-state index contributed by atoms with van der Waals surface area (Å²) in [5.41, 5.74) is 0.589. The van der Waals surface area contributed by atoms with E-state index in [9.17, 15) is 22.8 Å². The van der Waals surface area contributed by atoms with E-state index in [0.717, 1.165) is 29.3 Å². The molecule has 2 aromatic carbocycles. The smallest absolute Gasteiger partial charge is 0.272 e. The second kappa shape index (κ2) is 10.9. The molecule has 40 heavy (non-hydrogen) atoms. The third kappa shape index (κ3) is 5.15. The van der Waals surface area contributed by atoms with E-state index in [4.69, 9.17) is 9.47 Å². The Morgan fingerprint density at radius 3 is 2.25 bits per heavy atom. The van der Waals surface area contributed by atoms with Gasteiger partial charge in [-0.2, -0.15) is 0 Å². The molecule has 3 heterocycles. The Kier molecular flexibility index (Phi) is 7.55. The zero-order valence-electron chi connectivity index (χ0n) is 22.6. The molecule has 1 aromatic heterocycles. The van der Waals surface area contributed by atoms with Gasteiger partial charge in [-0.3, -0.25) is 9.59 Å². The fourth-order valence-electron chi connectivity index (χ4n) is 5.36. The minimum atomic E-state index is -0.971. The van der Waals surface area contributed by atoms with E-state index >= 15 is 0 Å². The molecule has 2 saturated heterocycles.